The molecule has 1 heterocycles. The molecule has 0 saturated carbocycles. The number of aromatic nitrogens is 1. The van der Waals surface area contributed by atoms with E-state index in [-0.39, 0.29) is 5.43 Å². The van der Waals surface area contributed by atoms with Gasteiger partial charge in [-0.3, -0.25) is 9.00 Å². The molecule has 1 N–H and O–H groups in total. The third kappa shape index (κ3) is 8.94. The van der Waals surface area contributed by atoms with Crippen LogP contribution in [-0.2, 0) is 16.6 Å². The van der Waals surface area contributed by atoms with E-state index in [2.05, 4.69) is 11.9 Å². The first kappa shape index (κ1) is 19.9. The Bertz CT molecular complexity index is 513. The van der Waals surface area contributed by atoms with E-state index in [1.807, 2.05) is 6.92 Å². The standard InChI is InChI=1S/C18H31NO3S/c1-3-5-6-7-8-9-10-12-23(21)15-16-13-17(20)18(14-19-16)22-11-4-2/h13-14H,3-12,15H2,1-2H3,(H,19,20). The Balaban J connectivity index is 2.26. The monoisotopic (exact) mass is 341 g/mol. The number of unbranched alkanes of at least 4 members (excludes halogenated alkanes) is 6. The summed E-state index contributed by atoms with van der Waals surface area (Å²) in [5.41, 5.74) is 0.584. The smallest absolute Gasteiger partial charge is 0.223 e. The predicted molar refractivity (Wildman–Crippen MR) is 97.6 cm³/mol. The molecule has 1 unspecified atom stereocenters. The van der Waals surface area contributed by atoms with E-state index in [4.69, 9.17) is 4.74 Å². The molecule has 1 rings (SSSR count). The van der Waals surface area contributed by atoms with E-state index in [9.17, 15) is 9.00 Å². The third-order valence-electron chi connectivity index (χ3n) is 3.69. The SMILES string of the molecule is CCCCCCCCCS(=O)Cc1cc(=O)c(OCCC)c[nH]1. The largest absolute Gasteiger partial charge is 0.488 e. The first-order valence-corrected chi connectivity index (χ1v) is 10.4. The minimum atomic E-state index is -0.911. The maximum atomic E-state index is 12.1. The van der Waals surface area contributed by atoms with Crippen molar-refractivity contribution in [1.82, 2.24) is 4.98 Å². The average molecular weight is 342 g/mol. The van der Waals surface area contributed by atoms with Crippen molar-refractivity contribution in [3.05, 3.63) is 28.2 Å². The van der Waals surface area contributed by atoms with Crippen LogP contribution in [0.25, 0.3) is 0 Å². The highest BCUT2D eigenvalue weighted by Gasteiger charge is 2.06. The topological polar surface area (TPSA) is 59.2 Å². The Morgan fingerprint density at radius 2 is 1.74 bits per heavy atom. The number of aromatic amines is 1. The quantitative estimate of drug-likeness (QED) is 0.548. The molecule has 0 spiro atoms. The lowest BCUT2D eigenvalue weighted by atomic mass is 10.1. The predicted octanol–water partition coefficient (Wildman–Crippen LogP) is 4.16. The van der Waals surface area contributed by atoms with Crippen LogP contribution in [0.4, 0.5) is 0 Å². The molecular formula is C18H31NO3S. The zero-order valence-corrected chi connectivity index (χ0v) is 15.4. The van der Waals surface area contributed by atoms with Crippen LogP contribution in [-0.4, -0.2) is 21.6 Å². The van der Waals surface area contributed by atoms with Crippen LogP contribution in [0.15, 0.2) is 17.1 Å². The van der Waals surface area contributed by atoms with Crippen LogP contribution in [0.3, 0.4) is 0 Å². The van der Waals surface area contributed by atoms with Crippen molar-refractivity contribution in [1.29, 1.82) is 0 Å². The maximum absolute atomic E-state index is 12.1. The molecule has 0 bridgehead atoms. The third-order valence-corrected chi connectivity index (χ3v) is 5.07. The number of nitrogens with one attached hydrogen (secondary N) is 1. The van der Waals surface area contributed by atoms with Gasteiger partial charge < -0.3 is 9.72 Å². The van der Waals surface area contributed by atoms with Gasteiger partial charge in [-0.2, -0.15) is 0 Å². The second-order valence-corrected chi connectivity index (χ2v) is 7.52. The van der Waals surface area contributed by atoms with Gasteiger partial charge in [0, 0.05) is 34.5 Å². The molecule has 1 atom stereocenters. The second kappa shape index (κ2) is 12.3. The van der Waals surface area contributed by atoms with Gasteiger partial charge in [-0.25, -0.2) is 0 Å². The molecule has 0 amide bonds. The summed E-state index contributed by atoms with van der Waals surface area (Å²) in [7, 11) is -0.911. The van der Waals surface area contributed by atoms with E-state index in [1.165, 1.54) is 38.2 Å². The van der Waals surface area contributed by atoms with Gasteiger partial charge in [0.25, 0.3) is 0 Å². The van der Waals surface area contributed by atoms with E-state index >= 15 is 0 Å². The molecule has 0 fully saturated rings. The number of ether oxygens (including phenoxy) is 1. The summed E-state index contributed by atoms with van der Waals surface area (Å²) < 4.78 is 17.4. The highest BCUT2D eigenvalue weighted by Crippen LogP contribution is 2.09. The van der Waals surface area contributed by atoms with Crippen LogP contribution in [0.5, 0.6) is 5.75 Å². The number of H-pyrrole nitrogens is 1. The summed E-state index contributed by atoms with van der Waals surface area (Å²) in [6.07, 6.45) is 11.0. The lowest BCUT2D eigenvalue weighted by molar-refractivity contribution is 0.313. The van der Waals surface area contributed by atoms with Crippen molar-refractivity contribution >= 4 is 10.8 Å². The highest BCUT2D eigenvalue weighted by atomic mass is 32.2. The van der Waals surface area contributed by atoms with Gasteiger partial charge in [-0.1, -0.05) is 52.4 Å². The Hall–Kier alpha value is -1.10. The van der Waals surface area contributed by atoms with Crippen LogP contribution in [0.2, 0.25) is 0 Å². The number of hydrogen-bond acceptors (Lipinski definition) is 3. The lowest BCUT2D eigenvalue weighted by Crippen LogP contribution is -2.11. The minimum Gasteiger partial charge on any atom is -0.488 e. The fraction of sp³-hybridized carbons (Fsp3) is 0.722. The molecule has 0 aliphatic heterocycles. The average Bonchev–Trinajstić information content (AvgIpc) is 2.53. The van der Waals surface area contributed by atoms with Gasteiger partial charge in [0.15, 0.2) is 5.75 Å². The normalized spacial score (nSPS) is 12.3. The first-order valence-electron chi connectivity index (χ1n) is 8.86. The summed E-state index contributed by atoms with van der Waals surface area (Å²) in [5.74, 6) is 1.47. The highest BCUT2D eigenvalue weighted by molar-refractivity contribution is 7.84. The maximum Gasteiger partial charge on any atom is 0.223 e. The van der Waals surface area contributed by atoms with Crippen molar-refractivity contribution in [2.45, 2.75) is 71.0 Å². The van der Waals surface area contributed by atoms with Gasteiger partial charge in [0.2, 0.25) is 5.43 Å². The molecule has 4 nitrogen and oxygen atoms in total. The molecule has 0 aliphatic rings. The molecule has 0 aromatic carbocycles. The molecule has 1 aromatic rings. The summed E-state index contributed by atoms with van der Waals surface area (Å²) in [5, 5.41) is 0. The Morgan fingerprint density at radius 1 is 1.04 bits per heavy atom. The zero-order chi connectivity index (χ0) is 16.9. The number of hydrogen-bond donors (Lipinski definition) is 1. The summed E-state index contributed by atoms with van der Waals surface area (Å²) in [6.45, 7) is 4.75. The minimum absolute atomic E-state index is 0.139. The van der Waals surface area contributed by atoms with Gasteiger partial charge in [0.05, 0.1) is 12.4 Å². The first-order chi connectivity index (χ1) is 11.2. The molecule has 0 saturated heterocycles. The zero-order valence-electron chi connectivity index (χ0n) is 14.6. The van der Waals surface area contributed by atoms with Gasteiger partial charge in [0.1, 0.15) is 0 Å². The van der Waals surface area contributed by atoms with E-state index in [0.717, 1.165) is 25.0 Å². The van der Waals surface area contributed by atoms with E-state index in [1.54, 1.807) is 6.20 Å². The van der Waals surface area contributed by atoms with Crippen LogP contribution < -0.4 is 10.2 Å². The fourth-order valence-electron chi connectivity index (χ4n) is 2.37. The van der Waals surface area contributed by atoms with E-state index in [0.29, 0.717) is 23.9 Å². The van der Waals surface area contributed by atoms with Crippen molar-refractivity contribution in [3.63, 3.8) is 0 Å². The van der Waals surface area contributed by atoms with Crippen LogP contribution in [0.1, 0.15) is 70.9 Å². The fourth-order valence-corrected chi connectivity index (χ4v) is 3.56. The van der Waals surface area contributed by atoms with Gasteiger partial charge >= 0.3 is 0 Å². The van der Waals surface area contributed by atoms with Crippen molar-refractivity contribution < 1.29 is 8.95 Å². The molecule has 132 valence electrons. The van der Waals surface area contributed by atoms with Crippen LogP contribution >= 0.6 is 0 Å². The molecular weight excluding hydrogens is 310 g/mol. The van der Waals surface area contributed by atoms with Gasteiger partial charge in [-0.15, -0.1) is 0 Å². The molecule has 0 aliphatic carbocycles. The molecule has 23 heavy (non-hydrogen) atoms. The lowest BCUT2D eigenvalue weighted by Gasteiger charge is -2.06. The molecule has 5 heteroatoms. The summed E-state index contributed by atoms with van der Waals surface area (Å²) >= 11 is 0. The summed E-state index contributed by atoms with van der Waals surface area (Å²) in [4.78, 5) is 14.9. The van der Waals surface area contributed by atoms with Gasteiger partial charge in [-0.05, 0) is 12.8 Å². The number of rotatable bonds is 13. The Morgan fingerprint density at radius 3 is 2.39 bits per heavy atom. The van der Waals surface area contributed by atoms with Crippen molar-refractivity contribution in [2.75, 3.05) is 12.4 Å². The molecule has 1 aromatic heterocycles. The molecule has 0 radical (unpaired) electrons. The van der Waals surface area contributed by atoms with E-state index < -0.39 is 10.8 Å². The van der Waals surface area contributed by atoms with Crippen molar-refractivity contribution in [3.8, 4) is 5.75 Å². The van der Waals surface area contributed by atoms with Crippen molar-refractivity contribution in [2.24, 2.45) is 0 Å². The Labute approximate surface area is 142 Å². The summed E-state index contributed by atoms with van der Waals surface area (Å²) in [6, 6.07) is 1.51. The second-order valence-electron chi connectivity index (χ2n) is 5.94. The van der Waals surface area contributed by atoms with Crippen LogP contribution in [0, 0.1) is 0 Å². The Kier molecular flexibility index (Phi) is 10.7. The number of pyridine rings is 1.